The zero-order valence-electron chi connectivity index (χ0n) is 15.1. The molecule has 0 atom stereocenters. The van der Waals surface area contributed by atoms with E-state index in [0.29, 0.717) is 17.8 Å². The Labute approximate surface area is 161 Å². The van der Waals surface area contributed by atoms with E-state index in [4.69, 9.17) is 26.8 Å². The minimum Gasteiger partial charge on any atom is -0.699 e. The standard InChI is InChI=1S/C8H15O.C6H7N2.3CH4O.Ti/c1-2-8(9)6-4-3-5-7-8;7-5-1-2-6(8)4-3-5;3*1-2;/h9H,1-7H2;1-4,7H,8H2;3*2H,1H3;/q2*-1;;;;+2. The third kappa shape index (κ3) is 17.7. The van der Waals surface area contributed by atoms with Crippen molar-refractivity contribution in [2.75, 3.05) is 27.1 Å². The number of aliphatic hydroxyl groups is 4. The summed E-state index contributed by atoms with van der Waals surface area (Å²) >= 11 is 0. The number of hydrogen-bond acceptors (Lipinski definition) is 5. The Balaban J connectivity index is -0.000000124. The predicted molar refractivity (Wildman–Crippen MR) is 97.3 cm³/mol. The maximum Gasteiger partial charge on any atom is 2.00 e. The van der Waals surface area contributed by atoms with E-state index >= 15 is 0 Å². The van der Waals surface area contributed by atoms with Crippen molar-refractivity contribution in [2.45, 2.75) is 44.1 Å². The number of nitrogens with one attached hydrogen (secondary N) is 1. The van der Waals surface area contributed by atoms with Gasteiger partial charge in [0, 0.05) is 32.6 Å². The summed E-state index contributed by atoms with van der Waals surface area (Å²) in [6.45, 7) is 3.73. The molecule has 0 heterocycles. The minimum absolute atomic E-state index is 0. The first kappa shape index (κ1) is 31.2. The van der Waals surface area contributed by atoms with Crippen molar-refractivity contribution in [3.05, 3.63) is 36.9 Å². The molecule has 1 saturated carbocycles. The van der Waals surface area contributed by atoms with Gasteiger partial charge in [-0.2, -0.15) is 6.42 Å². The molecule has 140 valence electrons. The van der Waals surface area contributed by atoms with E-state index in [1.54, 1.807) is 24.3 Å². The Bertz CT molecular complexity index is 311. The molecule has 0 spiro atoms. The van der Waals surface area contributed by atoms with E-state index in [1.165, 1.54) is 19.3 Å². The largest absolute Gasteiger partial charge is 2.00 e. The molecule has 6 nitrogen and oxygen atoms in total. The average Bonchev–Trinajstić information content (AvgIpc) is 2.64. The van der Waals surface area contributed by atoms with Crippen LogP contribution in [-0.4, -0.2) is 47.4 Å². The van der Waals surface area contributed by atoms with Crippen LogP contribution in [0.2, 0.25) is 0 Å². The predicted octanol–water partition coefficient (Wildman–Crippen LogP) is 2.68. The summed E-state index contributed by atoms with van der Waals surface area (Å²) in [4.78, 5) is 0. The zero-order valence-corrected chi connectivity index (χ0v) is 16.7. The summed E-state index contributed by atoms with van der Waals surface area (Å²) in [5.41, 5.74) is 13.2. The molecule has 1 aliphatic rings. The van der Waals surface area contributed by atoms with Gasteiger partial charge in [0.1, 0.15) is 0 Å². The van der Waals surface area contributed by atoms with E-state index in [1.807, 2.05) is 0 Å². The monoisotopic (exact) mass is 378 g/mol. The van der Waals surface area contributed by atoms with Gasteiger partial charge in [-0.15, -0.1) is 5.69 Å². The van der Waals surface area contributed by atoms with Gasteiger partial charge in [-0.3, -0.25) is 0 Å². The van der Waals surface area contributed by atoms with Gasteiger partial charge < -0.3 is 38.8 Å². The molecule has 0 aromatic heterocycles. The first-order valence-corrected chi connectivity index (χ1v) is 7.49. The van der Waals surface area contributed by atoms with Crippen molar-refractivity contribution in [3.8, 4) is 0 Å². The molecular formula is C17H34N2O4Ti. The van der Waals surface area contributed by atoms with Crippen LogP contribution in [0.15, 0.2) is 24.3 Å². The molecule has 1 aromatic carbocycles. The topological polar surface area (TPSA) is 131 Å². The third-order valence-electron chi connectivity index (χ3n) is 3.16. The van der Waals surface area contributed by atoms with Crippen molar-refractivity contribution in [1.29, 1.82) is 0 Å². The smallest absolute Gasteiger partial charge is 0.699 e. The molecule has 2 rings (SSSR count). The first-order valence-electron chi connectivity index (χ1n) is 7.49. The molecule has 0 radical (unpaired) electrons. The molecule has 24 heavy (non-hydrogen) atoms. The summed E-state index contributed by atoms with van der Waals surface area (Å²) in [5, 5.41) is 30.6. The fourth-order valence-corrected chi connectivity index (χ4v) is 1.94. The van der Waals surface area contributed by atoms with Crippen LogP contribution in [0.3, 0.4) is 0 Å². The van der Waals surface area contributed by atoms with E-state index in [9.17, 15) is 5.11 Å². The second kappa shape index (κ2) is 22.4. The van der Waals surface area contributed by atoms with Crippen LogP contribution in [-0.2, 0) is 21.7 Å². The Kier molecular flexibility index (Phi) is 29.1. The first-order chi connectivity index (χ1) is 11.1. The molecule has 0 bridgehead atoms. The number of anilines is 1. The Morgan fingerprint density at radius 2 is 1.33 bits per heavy atom. The molecule has 1 aromatic rings. The van der Waals surface area contributed by atoms with Gasteiger partial charge in [-0.05, 0) is 25.0 Å². The summed E-state index contributed by atoms with van der Waals surface area (Å²) in [6.07, 6.45) is 6.29. The minimum atomic E-state index is -0.391. The van der Waals surface area contributed by atoms with Gasteiger partial charge >= 0.3 is 21.7 Å². The number of aliphatic hydroxyl groups excluding tert-OH is 3. The fourth-order valence-electron chi connectivity index (χ4n) is 1.94. The third-order valence-corrected chi connectivity index (χ3v) is 3.16. The van der Waals surface area contributed by atoms with Gasteiger partial charge in [0.15, 0.2) is 0 Å². The number of nitrogen functional groups attached to an aromatic ring is 1. The molecule has 0 aliphatic heterocycles. The molecular weight excluding hydrogens is 344 g/mol. The average molecular weight is 378 g/mol. The summed E-state index contributed by atoms with van der Waals surface area (Å²) < 4.78 is 0. The second-order valence-corrected chi connectivity index (χ2v) is 4.66. The van der Waals surface area contributed by atoms with Crippen LogP contribution in [0.5, 0.6) is 0 Å². The van der Waals surface area contributed by atoms with Gasteiger partial charge in [0.2, 0.25) is 0 Å². The fraction of sp³-hybridized carbons (Fsp3) is 0.588. The number of benzene rings is 1. The SMILES string of the molecule is CO.CO.CO.[CH2-]CC1(O)CCCCC1.[NH-]c1ccc(N)cc1.[Ti+2]. The van der Waals surface area contributed by atoms with Gasteiger partial charge in [0.25, 0.3) is 0 Å². The van der Waals surface area contributed by atoms with Crippen molar-refractivity contribution < 1.29 is 42.1 Å². The maximum atomic E-state index is 9.62. The van der Waals surface area contributed by atoms with Crippen LogP contribution in [0, 0.1) is 6.92 Å². The van der Waals surface area contributed by atoms with E-state index in [-0.39, 0.29) is 21.7 Å². The van der Waals surface area contributed by atoms with Crippen LogP contribution in [0.1, 0.15) is 38.5 Å². The summed E-state index contributed by atoms with van der Waals surface area (Å²) in [5.74, 6) is 0. The second-order valence-electron chi connectivity index (χ2n) is 4.66. The number of rotatable bonds is 1. The molecule has 7 heteroatoms. The van der Waals surface area contributed by atoms with Crippen molar-refractivity contribution in [3.63, 3.8) is 0 Å². The molecule has 1 aliphatic carbocycles. The van der Waals surface area contributed by atoms with Crippen molar-refractivity contribution >= 4 is 11.4 Å². The maximum absolute atomic E-state index is 9.62. The molecule has 0 saturated heterocycles. The summed E-state index contributed by atoms with van der Waals surface area (Å²) in [7, 11) is 3.00. The summed E-state index contributed by atoms with van der Waals surface area (Å²) in [6, 6.07) is 6.75. The van der Waals surface area contributed by atoms with Crippen molar-refractivity contribution in [1.82, 2.24) is 0 Å². The number of nitrogens with two attached hydrogens (primary N) is 1. The normalized spacial score (nSPS) is 13.5. The Morgan fingerprint density at radius 3 is 1.58 bits per heavy atom. The van der Waals surface area contributed by atoms with Gasteiger partial charge in [-0.1, -0.05) is 31.4 Å². The van der Waals surface area contributed by atoms with E-state index in [0.717, 1.165) is 34.2 Å². The molecule has 7 N–H and O–H groups in total. The van der Waals surface area contributed by atoms with Crippen LogP contribution >= 0.6 is 0 Å². The quantitative estimate of drug-likeness (QED) is 0.291. The van der Waals surface area contributed by atoms with E-state index in [2.05, 4.69) is 6.92 Å². The van der Waals surface area contributed by atoms with Crippen LogP contribution in [0.25, 0.3) is 5.73 Å². The van der Waals surface area contributed by atoms with Gasteiger partial charge in [-0.25, -0.2) is 0 Å². The Hall–Kier alpha value is -0.626. The Morgan fingerprint density at radius 1 is 0.958 bits per heavy atom. The number of hydrogen-bond donors (Lipinski definition) is 5. The molecule has 0 unspecified atom stereocenters. The zero-order chi connectivity index (χ0) is 18.7. The molecule has 0 amide bonds. The van der Waals surface area contributed by atoms with Crippen LogP contribution in [0.4, 0.5) is 11.4 Å². The molecule has 1 fully saturated rings. The van der Waals surface area contributed by atoms with Crippen molar-refractivity contribution in [2.24, 2.45) is 0 Å². The van der Waals surface area contributed by atoms with Crippen LogP contribution < -0.4 is 5.73 Å². The van der Waals surface area contributed by atoms with E-state index < -0.39 is 5.60 Å². The van der Waals surface area contributed by atoms with Gasteiger partial charge in [0.05, 0.1) is 0 Å².